The van der Waals surface area contributed by atoms with Gasteiger partial charge in [-0.25, -0.2) is 0 Å². The van der Waals surface area contributed by atoms with Crippen LogP contribution in [0.3, 0.4) is 0 Å². The zero-order valence-electron chi connectivity index (χ0n) is 11.2. The Hall–Kier alpha value is -1.81. The number of anilines is 1. The summed E-state index contributed by atoms with van der Waals surface area (Å²) in [6.07, 6.45) is 0. The number of nitrogens with one attached hydrogen (secondary N) is 1. The van der Waals surface area contributed by atoms with E-state index in [1.807, 2.05) is 55.5 Å². The van der Waals surface area contributed by atoms with Crippen molar-refractivity contribution in [2.75, 3.05) is 18.5 Å². The predicted octanol–water partition coefficient (Wildman–Crippen LogP) is 4.14. The zero-order valence-corrected chi connectivity index (χ0v) is 12.8. The van der Waals surface area contributed by atoms with Gasteiger partial charge >= 0.3 is 0 Å². The molecule has 104 valence electrons. The number of benzene rings is 2. The number of hydrogen-bond donors (Lipinski definition) is 1. The standard InChI is InChI=1S/C16H16BrNO2/c1-2-20-15-9-7-14(8-10-15)18-11-16(19)12-3-5-13(17)6-4-12/h3-10,18H,2,11H2,1H3. The van der Waals surface area contributed by atoms with Gasteiger partial charge in [0.2, 0.25) is 0 Å². The highest BCUT2D eigenvalue weighted by Gasteiger charge is 2.05. The fourth-order valence-electron chi connectivity index (χ4n) is 1.76. The Kier molecular flexibility index (Phi) is 5.18. The van der Waals surface area contributed by atoms with Crippen molar-refractivity contribution >= 4 is 27.4 Å². The van der Waals surface area contributed by atoms with Crippen LogP contribution in [-0.4, -0.2) is 18.9 Å². The third-order valence-electron chi connectivity index (χ3n) is 2.78. The molecule has 0 unspecified atom stereocenters. The molecule has 3 nitrogen and oxygen atoms in total. The van der Waals surface area contributed by atoms with E-state index in [4.69, 9.17) is 4.74 Å². The average Bonchev–Trinajstić information content (AvgIpc) is 2.47. The summed E-state index contributed by atoms with van der Waals surface area (Å²) in [5.74, 6) is 0.892. The van der Waals surface area contributed by atoms with Gasteiger partial charge in [0.25, 0.3) is 0 Å². The summed E-state index contributed by atoms with van der Waals surface area (Å²) in [6.45, 7) is 2.87. The summed E-state index contributed by atoms with van der Waals surface area (Å²) in [5, 5.41) is 3.11. The molecule has 0 bridgehead atoms. The molecule has 0 saturated heterocycles. The monoisotopic (exact) mass is 333 g/mol. The van der Waals surface area contributed by atoms with Gasteiger partial charge in [-0.15, -0.1) is 0 Å². The van der Waals surface area contributed by atoms with Crippen molar-refractivity contribution in [1.29, 1.82) is 0 Å². The lowest BCUT2D eigenvalue weighted by Gasteiger charge is -2.07. The first-order valence-electron chi connectivity index (χ1n) is 6.44. The second kappa shape index (κ2) is 7.10. The van der Waals surface area contributed by atoms with E-state index in [0.29, 0.717) is 12.2 Å². The topological polar surface area (TPSA) is 38.3 Å². The normalized spacial score (nSPS) is 10.1. The highest BCUT2D eigenvalue weighted by molar-refractivity contribution is 9.10. The summed E-state index contributed by atoms with van der Waals surface area (Å²) in [4.78, 5) is 12.0. The van der Waals surface area contributed by atoms with Crippen LogP contribution in [0.4, 0.5) is 5.69 Å². The summed E-state index contributed by atoms with van der Waals surface area (Å²) >= 11 is 3.35. The highest BCUT2D eigenvalue weighted by Crippen LogP contribution is 2.16. The van der Waals surface area contributed by atoms with Gasteiger partial charge in [0.05, 0.1) is 13.2 Å². The van der Waals surface area contributed by atoms with Crippen LogP contribution in [0.5, 0.6) is 5.75 Å². The quantitative estimate of drug-likeness (QED) is 0.807. The summed E-state index contributed by atoms with van der Waals surface area (Å²) in [7, 11) is 0. The van der Waals surface area contributed by atoms with E-state index < -0.39 is 0 Å². The van der Waals surface area contributed by atoms with Gasteiger partial charge in [0.1, 0.15) is 5.75 Å². The van der Waals surface area contributed by atoms with Crippen LogP contribution < -0.4 is 10.1 Å². The Labute approximate surface area is 127 Å². The predicted molar refractivity (Wildman–Crippen MR) is 84.6 cm³/mol. The first-order valence-corrected chi connectivity index (χ1v) is 7.24. The SMILES string of the molecule is CCOc1ccc(NCC(=O)c2ccc(Br)cc2)cc1. The lowest BCUT2D eigenvalue weighted by Crippen LogP contribution is -2.13. The van der Waals surface area contributed by atoms with Gasteiger partial charge in [0, 0.05) is 15.7 Å². The first kappa shape index (κ1) is 14.6. The fraction of sp³-hybridized carbons (Fsp3) is 0.188. The number of hydrogen-bond acceptors (Lipinski definition) is 3. The maximum atomic E-state index is 12.0. The Balaban J connectivity index is 1.91. The van der Waals surface area contributed by atoms with Gasteiger partial charge in [0.15, 0.2) is 5.78 Å². The number of carbonyl (C=O) groups is 1. The van der Waals surface area contributed by atoms with Crippen molar-refractivity contribution in [2.24, 2.45) is 0 Å². The van der Waals surface area contributed by atoms with Crippen LogP contribution in [0.15, 0.2) is 53.0 Å². The lowest BCUT2D eigenvalue weighted by molar-refractivity contribution is 0.101. The van der Waals surface area contributed by atoms with Gasteiger partial charge in [-0.2, -0.15) is 0 Å². The average molecular weight is 334 g/mol. The molecule has 0 aliphatic heterocycles. The van der Waals surface area contributed by atoms with Crippen molar-refractivity contribution in [1.82, 2.24) is 0 Å². The third kappa shape index (κ3) is 4.10. The van der Waals surface area contributed by atoms with Gasteiger partial charge in [-0.05, 0) is 43.3 Å². The molecular formula is C16H16BrNO2. The fourth-order valence-corrected chi connectivity index (χ4v) is 2.02. The second-order valence-corrected chi connectivity index (χ2v) is 5.16. The van der Waals surface area contributed by atoms with E-state index in [1.165, 1.54) is 0 Å². The second-order valence-electron chi connectivity index (χ2n) is 4.24. The molecule has 20 heavy (non-hydrogen) atoms. The molecule has 0 fully saturated rings. The molecule has 0 heterocycles. The smallest absolute Gasteiger partial charge is 0.181 e. The molecule has 2 aromatic rings. The van der Waals surface area contributed by atoms with E-state index in [-0.39, 0.29) is 12.3 Å². The number of carbonyl (C=O) groups excluding carboxylic acids is 1. The number of halogens is 1. The van der Waals surface area contributed by atoms with Crippen molar-refractivity contribution < 1.29 is 9.53 Å². The molecule has 2 aromatic carbocycles. The number of ether oxygens (including phenoxy) is 1. The van der Waals surface area contributed by atoms with Crippen molar-refractivity contribution in [2.45, 2.75) is 6.92 Å². The van der Waals surface area contributed by atoms with Gasteiger partial charge in [-0.1, -0.05) is 28.1 Å². The van der Waals surface area contributed by atoms with Crippen LogP contribution in [-0.2, 0) is 0 Å². The maximum absolute atomic E-state index is 12.0. The van der Waals surface area contributed by atoms with Crippen LogP contribution in [0.25, 0.3) is 0 Å². The van der Waals surface area contributed by atoms with Gasteiger partial charge in [-0.3, -0.25) is 4.79 Å². The van der Waals surface area contributed by atoms with Crippen LogP contribution in [0.2, 0.25) is 0 Å². The summed E-state index contributed by atoms with van der Waals surface area (Å²) in [6, 6.07) is 14.9. The van der Waals surface area contributed by atoms with E-state index in [1.54, 1.807) is 0 Å². The lowest BCUT2D eigenvalue weighted by atomic mass is 10.1. The maximum Gasteiger partial charge on any atom is 0.181 e. The minimum atomic E-state index is 0.0615. The first-order chi connectivity index (χ1) is 9.69. The molecule has 0 saturated carbocycles. The zero-order chi connectivity index (χ0) is 14.4. The van der Waals surface area contributed by atoms with Gasteiger partial charge < -0.3 is 10.1 Å². The van der Waals surface area contributed by atoms with Crippen molar-refractivity contribution in [3.63, 3.8) is 0 Å². The Morgan fingerprint density at radius 2 is 1.75 bits per heavy atom. The molecule has 0 amide bonds. The van der Waals surface area contributed by atoms with Crippen molar-refractivity contribution in [3.05, 3.63) is 58.6 Å². The van der Waals surface area contributed by atoms with Crippen LogP contribution in [0.1, 0.15) is 17.3 Å². The molecule has 2 rings (SSSR count). The largest absolute Gasteiger partial charge is 0.494 e. The molecule has 0 aliphatic rings. The van der Waals surface area contributed by atoms with E-state index in [2.05, 4.69) is 21.2 Å². The Bertz CT molecular complexity index is 564. The van der Waals surface area contributed by atoms with E-state index in [9.17, 15) is 4.79 Å². The number of Topliss-reactive ketones (excluding diaryl/α,β-unsaturated/α-hetero) is 1. The number of ketones is 1. The molecule has 0 aliphatic carbocycles. The van der Waals surface area contributed by atoms with E-state index in [0.717, 1.165) is 15.9 Å². The van der Waals surface area contributed by atoms with Crippen LogP contribution >= 0.6 is 15.9 Å². The summed E-state index contributed by atoms with van der Waals surface area (Å²) < 4.78 is 6.33. The molecule has 0 atom stereocenters. The molecular weight excluding hydrogens is 318 g/mol. The third-order valence-corrected chi connectivity index (χ3v) is 3.31. The highest BCUT2D eigenvalue weighted by atomic mass is 79.9. The Morgan fingerprint density at radius 3 is 2.35 bits per heavy atom. The van der Waals surface area contributed by atoms with Crippen LogP contribution in [0, 0.1) is 0 Å². The molecule has 1 N–H and O–H groups in total. The molecule has 0 spiro atoms. The summed E-state index contributed by atoms with van der Waals surface area (Å²) in [5.41, 5.74) is 1.60. The minimum absolute atomic E-state index is 0.0615. The molecule has 0 radical (unpaired) electrons. The minimum Gasteiger partial charge on any atom is -0.494 e. The molecule has 0 aromatic heterocycles. The molecule has 4 heteroatoms. The van der Waals surface area contributed by atoms with Crippen molar-refractivity contribution in [3.8, 4) is 5.75 Å². The van der Waals surface area contributed by atoms with E-state index >= 15 is 0 Å². The number of rotatable bonds is 6. The Morgan fingerprint density at radius 1 is 1.10 bits per heavy atom.